The third-order valence-corrected chi connectivity index (χ3v) is 5.15. The molecule has 5 heteroatoms. The van der Waals surface area contributed by atoms with Gasteiger partial charge >= 0.3 is 0 Å². The lowest BCUT2D eigenvalue weighted by Gasteiger charge is -2.18. The molecule has 0 aliphatic heterocycles. The first-order valence-corrected chi connectivity index (χ1v) is 8.80. The zero-order valence-electron chi connectivity index (χ0n) is 12.3. The van der Waals surface area contributed by atoms with Crippen LogP contribution in [-0.4, -0.2) is 23.1 Å². The number of amides is 1. The van der Waals surface area contributed by atoms with Gasteiger partial charge in [0.2, 0.25) is 0 Å². The number of rotatable bonds is 5. The van der Waals surface area contributed by atoms with E-state index in [2.05, 4.69) is 13.8 Å². The maximum absolute atomic E-state index is 12.6. The number of carbonyl (C=O) groups excluding carboxylic acids is 1. The molecule has 0 radical (unpaired) electrons. The number of carbonyl (C=O) groups is 1. The maximum Gasteiger partial charge on any atom is 0.255 e. The van der Waals surface area contributed by atoms with Gasteiger partial charge in [0.05, 0.1) is 16.4 Å². The van der Waals surface area contributed by atoms with Gasteiger partial charge in [0.25, 0.3) is 5.91 Å². The van der Waals surface area contributed by atoms with Crippen molar-refractivity contribution in [3.63, 3.8) is 0 Å². The van der Waals surface area contributed by atoms with Crippen LogP contribution in [0.15, 0.2) is 41.3 Å². The summed E-state index contributed by atoms with van der Waals surface area (Å²) in [5, 5.41) is 0.445. The van der Waals surface area contributed by atoms with Crippen molar-refractivity contribution in [1.29, 1.82) is 0 Å². The second-order valence-electron chi connectivity index (χ2n) is 5.03. The van der Waals surface area contributed by atoms with Gasteiger partial charge in [0.15, 0.2) is 0 Å². The van der Waals surface area contributed by atoms with Crippen molar-refractivity contribution < 1.29 is 4.79 Å². The highest BCUT2D eigenvalue weighted by Gasteiger charge is 2.17. The number of thiophene rings is 1. The number of hydrogen-bond donors (Lipinski definition) is 0. The molecule has 0 aliphatic carbocycles. The fraction of sp³-hybridized carbons (Fsp3) is 0.312. The molecule has 0 atom stereocenters. The fourth-order valence-electron chi connectivity index (χ4n) is 1.95. The molecule has 112 valence electrons. The van der Waals surface area contributed by atoms with Gasteiger partial charge in [-0.1, -0.05) is 37.6 Å². The van der Waals surface area contributed by atoms with Gasteiger partial charge < -0.3 is 4.90 Å². The van der Waals surface area contributed by atoms with Crippen LogP contribution in [0.5, 0.6) is 0 Å². The molecule has 1 heterocycles. The van der Waals surface area contributed by atoms with Gasteiger partial charge in [-0.05, 0) is 24.3 Å². The summed E-state index contributed by atoms with van der Waals surface area (Å²) in [4.78, 5) is 16.5. The van der Waals surface area contributed by atoms with Crippen molar-refractivity contribution in [3.05, 3.63) is 51.2 Å². The summed E-state index contributed by atoms with van der Waals surface area (Å²) >= 11 is 9.16. The van der Waals surface area contributed by atoms with Gasteiger partial charge in [-0.25, -0.2) is 0 Å². The first-order valence-electron chi connectivity index (χ1n) is 6.72. The highest BCUT2D eigenvalue weighted by atomic mass is 35.5. The van der Waals surface area contributed by atoms with Crippen molar-refractivity contribution >= 4 is 40.6 Å². The Labute approximate surface area is 139 Å². The second kappa shape index (κ2) is 7.34. The summed E-state index contributed by atoms with van der Waals surface area (Å²) in [7, 11) is 1.83. The monoisotopic (exact) mass is 339 g/mol. The van der Waals surface area contributed by atoms with Crippen LogP contribution >= 0.6 is 34.7 Å². The third kappa shape index (κ3) is 4.50. The highest BCUT2D eigenvalue weighted by molar-refractivity contribution is 8.00. The van der Waals surface area contributed by atoms with E-state index in [0.29, 0.717) is 11.8 Å². The van der Waals surface area contributed by atoms with Crippen LogP contribution in [0.4, 0.5) is 0 Å². The molecular formula is C16H18ClNOS2. The minimum Gasteiger partial charge on any atom is -0.337 e. The minimum absolute atomic E-state index is 0.0447. The second-order valence-corrected chi connectivity index (χ2v) is 8.45. The molecule has 0 N–H and O–H groups in total. The van der Waals surface area contributed by atoms with E-state index in [1.165, 1.54) is 11.3 Å². The third-order valence-electron chi connectivity index (χ3n) is 2.85. The zero-order valence-corrected chi connectivity index (χ0v) is 14.7. The molecular weight excluding hydrogens is 322 g/mol. The molecule has 0 saturated heterocycles. The molecule has 0 aliphatic rings. The molecule has 2 aromatic rings. The quantitative estimate of drug-likeness (QED) is 0.700. The van der Waals surface area contributed by atoms with Crippen molar-refractivity contribution in [2.75, 3.05) is 7.05 Å². The van der Waals surface area contributed by atoms with Gasteiger partial charge in [0, 0.05) is 22.1 Å². The Morgan fingerprint density at radius 1 is 1.29 bits per heavy atom. The lowest BCUT2D eigenvalue weighted by molar-refractivity contribution is 0.0783. The largest absolute Gasteiger partial charge is 0.337 e. The SMILES string of the molecule is CC(C)Sc1ccccc1C(=O)N(C)Cc1ccc(Cl)s1. The molecule has 21 heavy (non-hydrogen) atoms. The van der Waals surface area contributed by atoms with E-state index in [9.17, 15) is 4.79 Å². The van der Waals surface area contributed by atoms with Crippen LogP contribution < -0.4 is 0 Å². The minimum atomic E-state index is 0.0447. The molecule has 2 nitrogen and oxygen atoms in total. The van der Waals surface area contributed by atoms with Gasteiger partial charge in [-0.3, -0.25) is 4.79 Å². The number of hydrogen-bond acceptors (Lipinski definition) is 3. The molecule has 0 unspecified atom stereocenters. The Kier molecular flexibility index (Phi) is 5.73. The van der Waals surface area contributed by atoms with Crippen molar-refractivity contribution in [1.82, 2.24) is 4.90 Å². The Bertz CT molecular complexity index is 624. The number of benzene rings is 1. The summed E-state index contributed by atoms with van der Waals surface area (Å²) in [5.74, 6) is 0.0447. The Hall–Kier alpha value is -0.970. The average molecular weight is 340 g/mol. The molecule has 0 bridgehead atoms. The van der Waals surface area contributed by atoms with E-state index < -0.39 is 0 Å². The summed E-state index contributed by atoms with van der Waals surface area (Å²) in [6.07, 6.45) is 0. The van der Waals surface area contributed by atoms with Gasteiger partial charge in [-0.2, -0.15) is 0 Å². The van der Waals surface area contributed by atoms with E-state index in [1.54, 1.807) is 16.7 Å². The predicted molar refractivity (Wildman–Crippen MR) is 92.6 cm³/mol. The fourth-order valence-corrected chi connectivity index (χ4v) is 4.04. The number of thioether (sulfide) groups is 1. The molecule has 0 spiro atoms. The zero-order chi connectivity index (χ0) is 15.4. The Balaban J connectivity index is 2.15. The lowest BCUT2D eigenvalue weighted by atomic mass is 10.2. The summed E-state index contributed by atoms with van der Waals surface area (Å²) in [5.41, 5.74) is 0.765. The van der Waals surface area contributed by atoms with Crippen LogP contribution in [0.1, 0.15) is 29.1 Å². The van der Waals surface area contributed by atoms with Crippen LogP contribution in [0.25, 0.3) is 0 Å². The lowest BCUT2D eigenvalue weighted by Crippen LogP contribution is -2.26. The van der Waals surface area contributed by atoms with Crippen LogP contribution in [0.3, 0.4) is 0 Å². The van der Waals surface area contributed by atoms with Crippen molar-refractivity contribution in [3.8, 4) is 0 Å². The molecule has 1 aromatic heterocycles. The Morgan fingerprint density at radius 2 is 2.00 bits per heavy atom. The van der Waals surface area contributed by atoms with Crippen molar-refractivity contribution in [2.45, 2.75) is 30.5 Å². The highest BCUT2D eigenvalue weighted by Crippen LogP contribution is 2.28. The van der Waals surface area contributed by atoms with Crippen LogP contribution in [-0.2, 0) is 6.54 Å². The average Bonchev–Trinajstić information content (AvgIpc) is 2.83. The van der Waals surface area contributed by atoms with E-state index in [0.717, 1.165) is 19.7 Å². The van der Waals surface area contributed by atoms with Crippen LogP contribution in [0, 0.1) is 0 Å². The normalized spacial score (nSPS) is 10.9. The predicted octanol–water partition coefficient (Wildman–Crippen LogP) is 5.17. The topological polar surface area (TPSA) is 20.3 Å². The number of halogens is 1. The molecule has 2 rings (SSSR count). The summed E-state index contributed by atoms with van der Waals surface area (Å²) in [6, 6.07) is 11.6. The van der Waals surface area contributed by atoms with Gasteiger partial charge in [-0.15, -0.1) is 23.1 Å². The van der Waals surface area contributed by atoms with Gasteiger partial charge in [0.1, 0.15) is 0 Å². The van der Waals surface area contributed by atoms with E-state index >= 15 is 0 Å². The van der Waals surface area contributed by atoms with E-state index in [4.69, 9.17) is 11.6 Å². The molecule has 0 saturated carbocycles. The first kappa shape index (κ1) is 16.4. The smallest absolute Gasteiger partial charge is 0.255 e. The Morgan fingerprint density at radius 3 is 2.62 bits per heavy atom. The molecule has 1 amide bonds. The summed E-state index contributed by atoms with van der Waals surface area (Å²) < 4.78 is 0.751. The standard InChI is InChI=1S/C16H18ClNOS2/c1-11(2)20-14-7-5-4-6-13(14)16(19)18(3)10-12-8-9-15(17)21-12/h4-9,11H,10H2,1-3H3. The molecule has 1 aromatic carbocycles. The maximum atomic E-state index is 12.6. The van der Waals surface area contributed by atoms with E-state index in [-0.39, 0.29) is 5.91 Å². The van der Waals surface area contributed by atoms with E-state index in [1.807, 2.05) is 43.4 Å². The van der Waals surface area contributed by atoms with Crippen LogP contribution in [0.2, 0.25) is 4.34 Å². The molecule has 0 fully saturated rings. The summed E-state index contributed by atoms with van der Waals surface area (Å²) in [6.45, 7) is 4.84. The number of nitrogens with zero attached hydrogens (tertiary/aromatic N) is 1. The first-order chi connectivity index (χ1) is 9.97. The van der Waals surface area contributed by atoms with Crippen molar-refractivity contribution in [2.24, 2.45) is 0 Å².